The van der Waals surface area contributed by atoms with Crippen LogP contribution in [0.4, 0.5) is 4.79 Å². The summed E-state index contributed by atoms with van der Waals surface area (Å²) in [6.07, 6.45) is 4.06. The van der Waals surface area contributed by atoms with Gasteiger partial charge in [-0.05, 0) is 20.8 Å². The van der Waals surface area contributed by atoms with Crippen molar-refractivity contribution >= 4 is 18.3 Å². The lowest BCUT2D eigenvalue weighted by Gasteiger charge is -2.22. The van der Waals surface area contributed by atoms with E-state index < -0.39 is 23.6 Å². The highest BCUT2D eigenvalue weighted by atomic mass is 16.6. The highest BCUT2D eigenvalue weighted by molar-refractivity contribution is 5.87. The number of H-pyrrole nitrogens is 1. The van der Waals surface area contributed by atoms with Crippen LogP contribution in [-0.2, 0) is 20.7 Å². The molecule has 0 bridgehead atoms. The largest absolute Gasteiger partial charge is 0.444 e. The second kappa shape index (κ2) is 7.41. The van der Waals surface area contributed by atoms with Crippen molar-refractivity contribution in [2.45, 2.75) is 38.8 Å². The van der Waals surface area contributed by atoms with Gasteiger partial charge in [0.15, 0.2) is 0 Å². The second-order valence-corrected chi connectivity index (χ2v) is 5.34. The molecule has 8 heteroatoms. The molecule has 0 fully saturated rings. The molecule has 0 saturated carbocycles. The number of ether oxygens (including phenoxy) is 1. The smallest absolute Gasteiger partial charge is 0.408 e. The summed E-state index contributed by atoms with van der Waals surface area (Å²) in [6, 6.07) is -0.881. The summed E-state index contributed by atoms with van der Waals surface area (Å²) in [4.78, 5) is 40.6. The predicted molar refractivity (Wildman–Crippen MR) is 74.2 cm³/mol. The molecule has 1 heterocycles. The first-order chi connectivity index (χ1) is 9.81. The standard InChI is InChI=1S/C13H19N4O4/c1-13(2,3)21-12(20)17-10(11(19)15-4-5-18)6-9-7-14-8-16-9/h7-8,10H,4,6H2,1-3H3,(H,14,16)(H,15,19)(H,17,20)/t10-/m0/s1. The monoisotopic (exact) mass is 295 g/mol. The van der Waals surface area contributed by atoms with Crippen LogP contribution in [0.1, 0.15) is 26.5 Å². The Morgan fingerprint density at radius 2 is 2.19 bits per heavy atom. The van der Waals surface area contributed by atoms with E-state index in [4.69, 9.17) is 4.74 Å². The fraction of sp³-hybridized carbons (Fsp3) is 0.538. The molecule has 21 heavy (non-hydrogen) atoms. The van der Waals surface area contributed by atoms with Gasteiger partial charge in [-0.1, -0.05) is 0 Å². The summed E-state index contributed by atoms with van der Waals surface area (Å²) >= 11 is 0. The number of hydrogen-bond donors (Lipinski definition) is 3. The third kappa shape index (κ3) is 6.55. The maximum Gasteiger partial charge on any atom is 0.408 e. The molecule has 0 spiro atoms. The lowest BCUT2D eigenvalue weighted by atomic mass is 10.1. The number of rotatable bonds is 6. The van der Waals surface area contributed by atoms with Crippen LogP contribution in [0.15, 0.2) is 12.5 Å². The van der Waals surface area contributed by atoms with Gasteiger partial charge in [0.2, 0.25) is 12.2 Å². The molecule has 0 unspecified atom stereocenters. The lowest BCUT2D eigenvalue weighted by Crippen LogP contribution is -2.49. The minimum Gasteiger partial charge on any atom is -0.444 e. The van der Waals surface area contributed by atoms with Gasteiger partial charge in [0.25, 0.3) is 0 Å². The summed E-state index contributed by atoms with van der Waals surface area (Å²) in [7, 11) is 0. The minimum absolute atomic E-state index is 0.198. The molecule has 1 atom stereocenters. The van der Waals surface area contributed by atoms with Crippen molar-refractivity contribution in [3.8, 4) is 0 Å². The van der Waals surface area contributed by atoms with Crippen LogP contribution in [0.3, 0.4) is 0 Å². The highest BCUT2D eigenvalue weighted by Crippen LogP contribution is 2.07. The summed E-state index contributed by atoms with van der Waals surface area (Å²) in [5.74, 6) is -0.501. The molecule has 115 valence electrons. The van der Waals surface area contributed by atoms with Crippen molar-refractivity contribution in [1.82, 2.24) is 20.6 Å². The highest BCUT2D eigenvalue weighted by Gasteiger charge is 2.24. The van der Waals surface area contributed by atoms with Gasteiger partial charge in [-0.15, -0.1) is 0 Å². The zero-order chi connectivity index (χ0) is 15.9. The van der Waals surface area contributed by atoms with Crippen molar-refractivity contribution in [1.29, 1.82) is 0 Å². The van der Waals surface area contributed by atoms with Crippen LogP contribution in [0.25, 0.3) is 0 Å². The topological polar surface area (TPSA) is 113 Å². The lowest BCUT2D eigenvalue weighted by molar-refractivity contribution is -0.122. The van der Waals surface area contributed by atoms with Crippen molar-refractivity contribution in [2.24, 2.45) is 0 Å². The van der Waals surface area contributed by atoms with Crippen molar-refractivity contribution in [3.63, 3.8) is 0 Å². The number of nitrogens with zero attached hydrogens (tertiary/aromatic N) is 1. The molecule has 3 N–H and O–H groups in total. The van der Waals surface area contributed by atoms with Gasteiger partial charge in [-0.2, -0.15) is 0 Å². The molecule has 1 aromatic rings. The molecule has 0 aromatic carbocycles. The Labute approximate surface area is 122 Å². The predicted octanol–water partition coefficient (Wildman–Crippen LogP) is 0.0714. The zero-order valence-electron chi connectivity index (χ0n) is 12.2. The number of alkyl carbamates (subject to hydrolysis) is 1. The quantitative estimate of drug-likeness (QED) is 0.687. The van der Waals surface area contributed by atoms with Crippen LogP contribution >= 0.6 is 0 Å². The van der Waals surface area contributed by atoms with E-state index >= 15 is 0 Å². The number of amides is 2. The second-order valence-electron chi connectivity index (χ2n) is 5.34. The molecule has 1 radical (unpaired) electrons. The number of imidazole rings is 1. The first kappa shape index (κ1) is 16.7. The Bertz CT molecular complexity index is 479. The van der Waals surface area contributed by atoms with E-state index in [1.54, 1.807) is 33.3 Å². The number of aromatic amines is 1. The van der Waals surface area contributed by atoms with Gasteiger partial charge in [-0.25, -0.2) is 9.78 Å². The summed E-state index contributed by atoms with van der Waals surface area (Å²) in [5.41, 5.74) is -0.00310. The van der Waals surface area contributed by atoms with E-state index in [2.05, 4.69) is 20.6 Å². The first-order valence-corrected chi connectivity index (χ1v) is 6.41. The fourth-order valence-corrected chi connectivity index (χ4v) is 1.52. The van der Waals surface area contributed by atoms with Crippen LogP contribution in [0.2, 0.25) is 0 Å². The van der Waals surface area contributed by atoms with E-state index in [0.717, 1.165) is 0 Å². The third-order valence-corrected chi connectivity index (χ3v) is 2.32. The normalized spacial score (nSPS) is 12.3. The average molecular weight is 295 g/mol. The number of carbonyl (C=O) groups excluding carboxylic acids is 3. The van der Waals surface area contributed by atoms with Gasteiger partial charge >= 0.3 is 6.09 Å². The van der Waals surface area contributed by atoms with E-state index in [-0.39, 0.29) is 13.0 Å². The van der Waals surface area contributed by atoms with Crippen LogP contribution in [0, 0.1) is 0 Å². The van der Waals surface area contributed by atoms with Gasteiger partial charge < -0.3 is 20.4 Å². The van der Waals surface area contributed by atoms with Crippen LogP contribution < -0.4 is 10.6 Å². The van der Waals surface area contributed by atoms with Crippen molar-refractivity contribution in [3.05, 3.63) is 18.2 Å². The van der Waals surface area contributed by atoms with Crippen molar-refractivity contribution < 1.29 is 19.1 Å². The average Bonchev–Trinajstić information content (AvgIpc) is 2.85. The van der Waals surface area contributed by atoms with Gasteiger partial charge in [0.05, 0.1) is 12.9 Å². The van der Waals surface area contributed by atoms with Crippen LogP contribution in [0.5, 0.6) is 0 Å². The number of nitrogens with one attached hydrogen (secondary N) is 3. The molecule has 0 aliphatic heterocycles. The molecule has 1 rings (SSSR count). The molecular formula is C13H19N4O4. The fourth-order valence-electron chi connectivity index (χ4n) is 1.52. The Morgan fingerprint density at radius 3 is 2.71 bits per heavy atom. The summed E-state index contributed by atoms with van der Waals surface area (Å²) in [6.45, 7) is 4.92. The molecular weight excluding hydrogens is 276 g/mol. The minimum atomic E-state index is -0.881. The first-order valence-electron chi connectivity index (χ1n) is 6.41. The van der Waals surface area contributed by atoms with Crippen molar-refractivity contribution in [2.75, 3.05) is 6.54 Å². The number of carbonyl (C=O) groups is 2. The van der Waals surface area contributed by atoms with Crippen LogP contribution in [-0.4, -0.2) is 46.4 Å². The zero-order valence-corrected chi connectivity index (χ0v) is 12.2. The molecule has 8 nitrogen and oxygen atoms in total. The van der Waals surface area contributed by atoms with Gasteiger partial charge in [0, 0.05) is 18.3 Å². The molecule has 0 saturated heterocycles. The SMILES string of the molecule is CC(C)(C)OC(=O)N[C@@H](Cc1cnc[nH]1)C(=O)NC[C]=O. The molecule has 2 amide bonds. The Morgan fingerprint density at radius 1 is 1.48 bits per heavy atom. The Hall–Kier alpha value is -2.38. The maximum atomic E-state index is 11.9. The van der Waals surface area contributed by atoms with E-state index in [0.29, 0.717) is 5.69 Å². The number of hydrogen-bond acceptors (Lipinski definition) is 5. The van der Waals surface area contributed by atoms with Gasteiger partial charge in [0.1, 0.15) is 11.6 Å². The van der Waals surface area contributed by atoms with E-state index in [1.165, 1.54) is 6.33 Å². The molecule has 1 aromatic heterocycles. The summed E-state index contributed by atoms with van der Waals surface area (Å²) < 4.78 is 5.11. The molecule has 0 aliphatic carbocycles. The number of aromatic nitrogens is 2. The Balaban J connectivity index is 2.69. The third-order valence-electron chi connectivity index (χ3n) is 2.32. The Kier molecular flexibility index (Phi) is 5.89. The van der Waals surface area contributed by atoms with E-state index in [1.807, 2.05) is 0 Å². The maximum absolute atomic E-state index is 11.9. The summed E-state index contributed by atoms with van der Waals surface area (Å²) in [5, 5.41) is 4.82. The molecule has 0 aliphatic rings. The van der Waals surface area contributed by atoms with E-state index in [9.17, 15) is 14.4 Å². The van der Waals surface area contributed by atoms with Gasteiger partial charge in [-0.3, -0.25) is 9.59 Å².